The van der Waals surface area contributed by atoms with Crippen LogP contribution in [0, 0.1) is 0 Å². The Morgan fingerprint density at radius 2 is 2.32 bits per heavy atom. The monoisotopic (exact) mass is 263 g/mol. The molecule has 2 saturated heterocycles. The van der Waals surface area contributed by atoms with Gasteiger partial charge in [0, 0.05) is 37.7 Å². The molecule has 2 atom stereocenters. The van der Waals surface area contributed by atoms with Gasteiger partial charge in [-0.3, -0.25) is 0 Å². The minimum atomic E-state index is 0.367. The maximum atomic E-state index is 5.86. The first-order chi connectivity index (χ1) is 9.26. The molecule has 6 nitrogen and oxygen atoms in total. The molecule has 0 aliphatic carbocycles. The number of hydrogen-bond acceptors (Lipinski definition) is 6. The molecule has 2 aliphatic rings. The highest BCUT2D eigenvalue weighted by atomic mass is 16.5. The summed E-state index contributed by atoms with van der Waals surface area (Å²) in [7, 11) is 2.00. The van der Waals surface area contributed by atoms with E-state index in [-0.39, 0.29) is 0 Å². The van der Waals surface area contributed by atoms with Crippen molar-refractivity contribution in [3.63, 3.8) is 0 Å². The fraction of sp³-hybridized carbons (Fsp3) is 0.692. The number of aromatic nitrogens is 2. The second kappa shape index (κ2) is 5.30. The molecule has 0 aromatic carbocycles. The topological polar surface area (TPSA) is 76.3 Å². The van der Waals surface area contributed by atoms with E-state index >= 15 is 0 Å². The first-order valence-corrected chi connectivity index (χ1v) is 6.90. The molecule has 0 saturated carbocycles. The van der Waals surface area contributed by atoms with Gasteiger partial charge in [0.15, 0.2) is 0 Å². The van der Waals surface area contributed by atoms with E-state index in [1.807, 2.05) is 7.05 Å². The number of anilines is 2. The second-order valence-corrected chi connectivity index (χ2v) is 5.29. The third kappa shape index (κ3) is 2.64. The van der Waals surface area contributed by atoms with Crippen LogP contribution in [0.5, 0.6) is 0 Å². The highest BCUT2D eigenvalue weighted by molar-refractivity contribution is 5.45. The van der Waals surface area contributed by atoms with Crippen molar-refractivity contribution in [1.82, 2.24) is 15.3 Å². The van der Waals surface area contributed by atoms with Gasteiger partial charge in [0.05, 0.1) is 12.3 Å². The summed E-state index contributed by atoms with van der Waals surface area (Å²) in [6.45, 7) is 3.56. The number of hydrogen-bond donors (Lipinski definition) is 2. The Hall–Kier alpha value is -1.40. The fourth-order valence-electron chi connectivity index (χ4n) is 2.81. The van der Waals surface area contributed by atoms with Crippen LogP contribution in [0.4, 0.5) is 11.8 Å². The molecule has 19 heavy (non-hydrogen) atoms. The first kappa shape index (κ1) is 12.6. The van der Waals surface area contributed by atoms with Crippen molar-refractivity contribution in [3.8, 4) is 0 Å². The van der Waals surface area contributed by atoms with Gasteiger partial charge in [-0.2, -0.15) is 4.98 Å². The largest absolute Gasteiger partial charge is 0.381 e. The molecule has 2 fully saturated rings. The summed E-state index contributed by atoms with van der Waals surface area (Å²) in [6, 6.07) is 2.61. The zero-order valence-electron chi connectivity index (χ0n) is 11.3. The van der Waals surface area contributed by atoms with E-state index in [0.29, 0.717) is 17.9 Å². The summed E-state index contributed by atoms with van der Waals surface area (Å²) in [4.78, 5) is 11.0. The number of rotatable bonds is 3. The highest BCUT2D eigenvalue weighted by Crippen LogP contribution is 2.27. The molecule has 2 aliphatic heterocycles. The minimum Gasteiger partial charge on any atom is -0.381 e. The summed E-state index contributed by atoms with van der Waals surface area (Å²) in [5.74, 6) is 1.69. The van der Waals surface area contributed by atoms with Gasteiger partial charge in [-0.05, 0) is 19.9 Å². The van der Waals surface area contributed by atoms with Gasteiger partial charge in [0.25, 0.3) is 0 Å². The van der Waals surface area contributed by atoms with Crippen molar-refractivity contribution >= 4 is 11.8 Å². The van der Waals surface area contributed by atoms with Gasteiger partial charge in [0.1, 0.15) is 5.82 Å². The van der Waals surface area contributed by atoms with Gasteiger partial charge in [0.2, 0.25) is 5.95 Å². The quantitative estimate of drug-likeness (QED) is 0.820. The van der Waals surface area contributed by atoms with Crippen LogP contribution in [0.15, 0.2) is 6.07 Å². The van der Waals surface area contributed by atoms with Crippen molar-refractivity contribution < 1.29 is 4.74 Å². The summed E-state index contributed by atoms with van der Waals surface area (Å²) >= 11 is 0. The molecule has 0 amide bonds. The molecule has 1 aromatic rings. The van der Waals surface area contributed by atoms with Crippen molar-refractivity contribution in [2.24, 2.45) is 0 Å². The SMILES string of the molecule is CN[C@@H]1CCN(c2cc(C3CCOC3)nc(N)n2)C1. The van der Waals surface area contributed by atoms with Gasteiger partial charge < -0.3 is 20.7 Å². The third-order valence-corrected chi connectivity index (χ3v) is 4.02. The van der Waals surface area contributed by atoms with E-state index in [1.54, 1.807) is 0 Å². The van der Waals surface area contributed by atoms with Crippen LogP contribution < -0.4 is 16.0 Å². The molecular weight excluding hydrogens is 242 g/mol. The minimum absolute atomic E-state index is 0.367. The average Bonchev–Trinajstić information content (AvgIpc) is 3.09. The van der Waals surface area contributed by atoms with Crippen LogP contribution >= 0.6 is 0 Å². The predicted molar refractivity (Wildman–Crippen MR) is 74.3 cm³/mol. The van der Waals surface area contributed by atoms with Crippen LogP contribution in [0.2, 0.25) is 0 Å². The molecule has 3 N–H and O–H groups in total. The zero-order valence-corrected chi connectivity index (χ0v) is 11.3. The van der Waals surface area contributed by atoms with Gasteiger partial charge in [-0.25, -0.2) is 4.98 Å². The maximum absolute atomic E-state index is 5.86. The van der Waals surface area contributed by atoms with Crippen molar-refractivity contribution in [3.05, 3.63) is 11.8 Å². The molecule has 1 unspecified atom stereocenters. The third-order valence-electron chi connectivity index (χ3n) is 4.02. The lowest BCUT2D eigenvalue weighted by atomic mass is 10.0. The Labute approximate surface area is 113 Å². The van der Waals surface area contributed by atoms with Crippen LogP contribution in [-0.2, 0) is 4.74 Å². The molecule has 3 rings (SSSR count). The van der Waals surface area contributed by atoms with Crippen molar-refractivity contribution in [2.75, 3.05) is 44.0 Å². The molecule has 0 bridgehead atoms. The van der Waals surface area contributed by atoms with E-state index in [4.69, 9.17) is 10.5 Å². The fourth-order valence-corrected chi connectivity index (χ4v) is 2.81. The highest BCUT2D eigenvalue weighted by Gasteiger charge is 2.25. The molecule has 0 spiro atoms. The Morgan fingerprint density at radius 3 is 3.00 bits per heavy atom. The standard InChI is InChI=1S/C13H21N5O/c1-15-10-2-4-18(7-10)12-6-11(16-13(14)17-12)9-3-5-19-8-9/h6,9-10,15H,2-5,7-8H2,1H3,(H2,14,16,17)/t9?,10-/m1/s1. The van der Waals surface area contributed by atoms with Gasteiger partial charge >= 0.3 is 0 Å². The number of nitrogens with one attached hydrogen (secondary N) is 1. The summed E-state index contributed by atoms with van der Waals surface area (Å²) in [6.07, 6.45) is 2.16. The van der Waals surface area contributed by atoms with Crippen LogP contribution in [0.25, 0.3) is 0 Å². The Balaban J connectivity index is 1.81. The lowest BCUT2D eigenvalue weighted by molar-refractivity contribution is 0.193. The molecule has 1 aromatic heterocycles. The number of likely N-dealkylation sites (N-methyl/N-ethyl adjacent to an activating group) is 1. The first-order valence-electron chi connectivity index (χ1n) is 6.90. The summed E-state index contributed by atoms with van der Waals surface area (Å²) < 4.78 is 5.43. The van der Waals surface area contributed by atoms with Crippen LogP contribution in [0.1, 0.15) is 24.5 Å². The molecule has 3 heterocycles. The molecule has 104 valence electrons. The molecule has 0 radical (unpaired) electrons. The number of ether oxygens (including phenoxy) is 1. The second-order valence-electron chi connectivity index (χ2n) is 5.29. The number of nitrogens with zero attached hydrogens (tertiary/aromatic N) is 3. The van der Waals surface area contributed by atoms with Gasteiger partial charge in [-0.15, -0.1) is 0 Å². The normalized spacial score (nSPS) is 27.1. The summed E-state index contributed by atoms with van der Waals surface area (Å²) in [5, 5.41) is 3.31. The number of nitrogen functional groups attached to an aromatic ring is 1. The van der Waals surface area contributed by atoms with Crippen molar-refractivity contribution in [1.29, 1.82) is 0 Å². The van der Waals surface area contributed by atoms with E-state index < -0.39 is 0 Å². The smallest absolute Gasteiger partial charge is 0.222 e. The van der Waals surface area contributed by atoms with E-state index in [0.717, 1.165) is 50.7 Å². The van der Waals surface area contributed by atoms with Gasteiger partial charge in [-0.1, -0.05) is 0 Å². The Kier molecular flexibility index (Phi) is 3.52. The summed E-state index contributed by atoms with van der Waals surface area (Å²) in [5.41, 5.74) is 6.88. The maximum Gasteiger partial charge on any atom is 0.222 e. The van der Waals surface area contributed by atoms with E-state index in [2.05, 4.69) is 26.3 Å². The Morgan fingerprint density at radius 1 is 1.42 bits per heavy atom. The number of nitrogens with two attached hydrogens (primary N) is 1. The van der Waals surface area contributed by atoms with Crippen molar-refractivity contribution in [2.45, 2.75) is 24.8 Å². The average molecular weight is 263 g/mol. The zero-order chi connectivity index (χ0) is 13.2. The van der Waals surface area contributed by atoms with E-state index in [1.165, 1.54) is 0 Å². The lowest BCUT2D eigenvalue weighted by Gasteiger charge is -2.19. The lowest BCUT2D eigenvalue weighted by Crippen LogP contribution is -2.30. The van der Waals surface area contributed by atoms with Crippen LogP contribution in [0.3, 0.4) is 0 Å². The van der Waals surface area contributed by atoms with E-state index in [9.17, 15) is 0 Å². The predicted octanol–water partition coefficient (Wildman–Crippen LogP) is 0.361. The Bertz CT molecular complexity index is 447. The van der Waals surface area contributed by atoms with Crippen LogP contribution in [-0.4, -0.2) is 49.4 Å². The molecule has 6 heteroatoms. The molecular formula is C13H21N5O.